The second-order valence-electron chi connectivity index (χ2n) is 17.0. The van der Waals surface area contributed by atoms with Crippen LogP contribution in [0.5, 0.6) is 17.6 Å². The fourth-order valence-corrected chi connectivity index (χ4v) is 7.05. The molecule has 0 saturated carbocycles. The van der Waals surface area contributed by atoms with Crippen LogP contribution >= 0.6 is 31.9 Å². The van der Waals surface area contributed by atoms with Gasteiger partial charge >= 0.3 is 40.0 Å². The Kier molecular flexibility index (Phi) is 41.4. The molecule has 27 nitrogen and oxygen atoms in total. The zero-order chi connectivity index (χ0) is 69.0. The van der Waals surface area contributed by atoms with Crippen LogP contribution in [0.3, 0.4) is 0 Å². The number of nitrogens with two attached hydrogens (primary N) is 1. The maximum absolute atomic E-state index is 13.3. The number of imidazole rings is 1. The molecule has 0 unspecified atom stereocenters. The van der Waals surface area contributed by atoms with Gasteiger partial charge in [-0.3, -0.25) is 36.4 Å². The number of halogens is 10. The molecule has 504 valence electrons. The molecule has 0 bridgehead atoms. The summed E-state index contributed by atoms with van der Waals surface area (Å²) in [5, 5.41) is 28.7. The van der Waals surface area contributed by atoms with Crippen LogP contribution in [0, 0.1) is 68.6 Å². The Morgan fingerprint density at radius 1 is 0.646 bits per heavy atom. The Morgan fingerprint density at radius 2 is 1.17 bits per heavy atom. The number of aryl methyl sites for hydroxylation is 3. The fraction of sp³-hybridized carbons (Fsp3) is 0.121. The first-order valence-corrected chi connectivity index (χ1v) is 27.4. The van der Waals surface area contributed by atoms with Gasteiger partial charge in [0, 0.05) is 66.0 Å². The summed E-state index contributed by atoms with van der Waals surface area (Å²) in [5.74, 6) is -0.772. The van der Waals surface area contributed by atoms with Crippen LogP contribution in [0.15, 0.2) is 191 Å². The molecule has 12 aromatic heterocycles. The number of hydrogen-bond acceptors (Lipinski definition) is 18. The van der Waals surface area contributed by atoms with Crippen LogP contribution in [-0.4, -0.2) is 124 Å². The molecule has 0 aliphatic heterocycles. The topological polar surface area (TPSA) is 354 Å². The summed E-state index contributed by atoms with van der Waals surface area (Å²) < 4.78 is 95.4. The summed E-state index contributed by atoms with van der Waals surface area (Å²) in [6.07, 6.45) is 22.2. The molecule has 12 aromatic rings. The predicted molar refractivity (Wildman–Crippen MR) is 342 cm³/mol. The van der Waals surface area contributed by atoms with E-state index in [2.05, 4.69) is 124 Å². The molecule has 0 atom stereocenters. The first-order valence-electron chi connectivity index (χ1n) is 25.8. The summed E-state index contributed by atoms with van der Waals surface area (Å²) in [7, 11) is 6.68. The minimum absolute atomic E-state index is 0. The van der Waals surface area contributed by atoms with Gasteiger partial charge in [-0.15, -0.1) is 5.10 Å². The van der Waals surface area contributed by atoms with Gasteiger partial charge in [-0.1, -0.05) is 11.3 Å². The number of nitrogen functional groups attached to an aromatic ring is 1. The standard InChI is InChI=1S/C9H6FN5.C7H4BrFN2.C7H9NO.C6H6FNO.C6H8N2O.C6H11N2.C5H2BrFN2O2.C5H3FN2O3.C5H4FNO.C2H3.BrH.ClH.Mg/c10-7-5-12-9(15-4-3-13-14-15)8-6(7)1-2-11-8;8-7-6-4(1-2-10-6)5(9)3-11-7;1-6-3-4-7(9-2)8-5-6;2*1-9-6-3-2-5(7)4-8-6;1-3-8-5-4-7(2)6-8;6-5-4(9(10)11)1-3(7)2-8-5;6-3-1-4(8(10)11)5(9)7-2-3;6-4-1-2-5(8)7-3-4;1-2;;;/h1-5,11H;1-3,10H;3-5H,1-2H3;2-4H,1H3;2-4H,7H2,1H3;4-6H,3H2,1-2H3;1-2H;1-2H,(H,7,9);1-3H,(H,7,8);1H,2H2;2*1H;/q;;;;;+1;;;;-1;;;+2/p-2. The van der Waals surface area contributed by atoms with E-state index >= 15 is 0 Å². The van der Waals surface area contributed by atoms with Crippen molar-refractivity contribution < 1.29 is 84.4 Å². The molecular weight excluding hydrogens is 1510 g/mol. The number of nitrogens with one attached hydrogen (secondary N) is 4. The van der Waals surface area contributed by atoms with Crippen LogP contribution in [0.2, 0.25) is 0 Å². The molecule has 0 saturated heterocycles. The van der Waals surface area contributed by atoms with E-state index in [4.69, 9.17) is 19.9 Å². The van der Waals surface area contributed by atoms with Crippen molar-refractivity contribution in [2.24, 2.45) is 7.05 Å². The Bertz CT molecular complexity index is 4180. The number of anilines is 1. The number of rotatable bonds is 7. The van der Waals surface area contributed by atoms with Gasteiger partial charge in [0.2, 0.25) is 29.5 Å². The second-order valence-corrected chi connectivity index (χ2v) is 18.5. The summed E-state index contributed by atoms with van der Waals surface area (Å²) >= 11 is 6.01. The van der Waals surface area contributed by atoms with E-state index < -0.39 is 38.5 Å². The van der Waals surface area contributed by atoms with Crippen molar-refractivity contribution in [3.8, 4) is 23.5 Å². The van der Waals surface area contributed by atoms with Gasteiger partial charge in [0.05, 0.1) is 117 Å². The maximum atomic E-state index is 13.3. The zero-order valence-corrected chi connectivity index (χ0v) is 58.1. The third-order valence-electron chi connectivity index (χ3n) is 10.6. The average molecular weight is 1560 g/mol. The Labute approximate surface area is 591 Å². The number of fused-ring (bicyclic) bond motifs is 2. The van der Waals surface area contributed by atoms with Gasteiger partial charge in [-0.05, 0) is 81.6 Å². The van der Waals surface area contributed by atoms with E-state index in [0.29, 0.717) is 61.6 Å². The van der Waals surface area contributed by atoms with Crippen molar-refractivity contribution in [3.05, 3.63) is 270 Å². The molecule has 0 aliphatic carbocycles. The Morgan fingerprint density at radius 3 is 1.60 bits per heavy atom. The van der Waals surface area contributed by atoms with Crippen molar-refractivity contribution >= 4 is 93.8 Å². The largest absolute Gasteiger partial charge is 2.00 e. The SMILES string of the molecule is CCn1cc[n+](C)c1.COc1ccc(C)cn1.COc1ccc(F)cn1.COc1ccc(N)cn1.Fc1cnc(-n2ccnn2)c2[nH]ccc12.Fc1cnc(Br)c2[nH]ccc12.O=[N+]([O-])c1cc(F)cnc1Br.O=c1[nH]cc(F)cc1[N+](=O)[O-].O=c1ccc(F)c[nH]1.[Br-].[CH-]=C.[Cl-].[Mg+2]. The van der Waals surface area contributed by atoms with E-state index in [9.17, 15) is 56.2 Å². The van der Waals surface area contributed by atoms with E-state index in [0.717, 1.165) is 55.1 Å². The number of aromatic amines is 4. The van der Waals surface area contributed by atoms with Gasteiger partial charge in [-0.25, -0.2) is 70.1 Å². The molecule has 0 fully saturated rings. The summed E-state index contributed by atoms with van der Waals surface area (Å²) in [6.45, 7) is 12.2. The number of ether oxygens (including phenoxy) is 3. The monoisotopic (exact) mass is 1560 g/mol. The molecule has 12 heterocycles. The van der Waals surface area contributed by atoms with E-state index in [1.807, 2.05) is 41.9 Å². The van der Waals surface area contributed by atoms with Crippen LogP contribution in [-0.2, 0) is 13.6 Å². The van der Waals surface area contributed by atoms with Gasteiger partial charge in [0.15, 0.2) is 22.1 Å². The van der Waals surface area contributed by atoms with Crippen molar-refractivity contribution in [1.82, 2.24) is 69.4 Å². The molecule has 6 N–H and O–H groups in total. The molecule has 0 spiro atoms. The quantitative estimate of drug-likeness (QED) is 0.0280. The average Bonchev–Trinajstić information content (AvgIpc) is 1.74. The van der Waals surface area contributed by atoms with Crippen molar-refractivity contribution in [2.75, 3.05) is 27.1 Å². The molecule has 0 radical (unpaired) electrons. The smallest absolute Gasteiger partial charge is 1.00 e. The Balaban J connectivity index is 0.00000106. The van der Waals surface area contributed by atoms with Crippen LogP contribution in [0.25, 0.3) is 27.6 Å². The van der Waals surface area contributed by atoms with Gasteiger partial charge < -0.3 is 75.8 Å². The normalized spacial score (nSPS) is 9.31. The second kappa shape index (κ2) is 46.2. The molecule has 12 rings (SSSR count). The van der Waals surface area contributed by atoms with Crippen molar-refractivity contribution in [3.63, 3.8) is 0 Å². The molecule has 0 amide bonds. The number of hydrogen-bond donors (Lipinski definition) is 5. The number of nitro groups is 2. The molecule has 0 aromatic carbocycles. The molecular formula is C58H56Br3ClF6MgN18O9. The minimum atomic E-state index is -0.943. The third-order valence-corrected chi connectivity index (χ3v) is 11.8. The van der Waals surface area contributed by atoms with Crippen LogP contribution in [0.1, 0.15) is 12.5 Å². The van der Waals surface area contributed by atoms with Crippen LogP contribution < -0.4 is 65.0 Å². The van der Waals surface area contributed by atoms with Gasteiger partial charge in [-0.2, -0.15) is 0 Å². The van der Waals surface area contributed by atoms with Gasteiger partial charge in [0.1, 0.15) is 40.3 Å². The minimum Gasteiger partial charge on any atom is -1.00 e. The number of aromatic nitrogens is 15. The van der Waals surface area contributed by atoms with E-state index in [-0.39, 0.29) is 85.7 Å². The maximum Gasteiger partial charge on any atom is 2.00 e. The predicted octanol–water partition coefficient (Wildman–Crippen LogP) is 4.44. The molecule has 0 aliphatic rings. The zero-order valence-electron chi connectivity index (χ0n) is 51.1. The summed E-state index contributed by atoms with van der Waals surface area (Å²) in [6, 6.07) is 17.0. The number of methoxy groups -OCH3 is 3. The first-order chi connectivity index (χ1) is 44.5. The molecule has 96 heavy (non-hydrogen) atoms. The van der Waals surface area contributed by atoms with E-state index in [1.54, 1.807) is 75.7 Å². The molecule has 38 heteroatoms. The summed E-state index contributed by atoms with van der Waals surface area (Å²) in [4.78, 5) is 71.7. The first kappa shape index (κ1) is 86.0. The fourth-order valence-electron chi connectivity index (χ4n) is 6.26. The third kappa shape index (κ3) is 30.4. The Hall–Kier alpha value is -9.95. The summed E-state index contributed by atoms with van der Waals surface area (Å²) in [5.41, 5.74) is 6.12. The number of H-pyrrole nitrogens is 4. The van der Waals surface area contributed by atoms with Crippen molar-refractivity contribution in [2.45, 2.75) is 20.4 Å². The van der Waals surface area contributed by atoms with Crippen molar-refractivity contribution in [1.29, 1.82) is 0 Å². The van der Waals surface area contributed by atoms with E-state index in [1.165, 1.54) is 36.3 Å². The van der Waals surface area contributed by atoms with Gasteiger partial charge in [0.25, 0.3) is 0 Å². The van der Waals surface area contributed by atoms with Crippen LogP contribution in [0.4, 0.5) is 43.4 Å². The number of pyridine rings is 8. The number of nitrogens with zero attached hydrogens (tertiary/aromatic N) is 13.